The molecule has 0 atom stereocenters. The lowest BCUT2D eigenvalue weighted by atomic mass is 10.2. The van der Waals surface area contributed by atoms with Crippen LogP contribution in [0.4, 0.5) is 10.1 Å². The molecule has 0 fully saturated rings. The van der Waals surface area contributed by atoms with Crippen LogP contribution in [0.3, 0.4) is 0 Å². The topological polar surface area (TPSA) is 82.2 Å². The van der Waals surface area contributed by atoms with Crippen molar-refractivity contribution in [3.63, 3.8) is 0 Å². The van der Waals surface area contributed by atoms with E-state index in [1.807, 2.05) is 19.1 Å². The van der Waals surface area contributed by atoms with Crippen molar-refractivity contribution < 1.29 is 18.4 Å². The van der Waals surface area contributed by atoms with E-state index in [0.29, 0.717) is 28.5 Å². The molecule has 0 aliphatic carbocycles. The van der Waals surface area contributed by atoms with Gasteiger partial charge < -0.3 is 19.1 Å². The van der Waals surface area contributed by atoms with Gasteiger partial charge in [-0.2, -0.15) is 4.98 Å². The van der Waals surface area contributed by atoms with Gasteiger partial charge in [-0.1, -0.05) is 11.2 Å². The minimum Gasteiger partial charge on any atom is -0.495 e. The molecule has 0 unspecified atom stereocenters. The van der Waals surface area contributed by atoms with E-state index in [2.05, 4.69) is 15.5 Å². The Morgan fingerprint density at radius 3 is 2.77 bits per heavy atom. The predicted molar refractivity (Wildman–Crippen MR) is 109 cm³/mol. The van der Waals surface area contributed by atoms with E-state index in [1.165, 1.54) is 12.1 Å². The fourth-order valence-corrected chi connectivity index (χ4v) is 3.05. The summed E-state index contributed by atoms with van der Waals surface area (Å²) in [5.41, 5.74) is 2.84. The van der Waals surface area contributed by atoms with Crippen molar-refractivity contribution in [2.75, 3.05) is 12.4 Å². The monoisotopic (exact) mass is 406 g/mol. The van der Waals surface area contributed by atoms with Gasteiger partial charge >= 0.3 is 0 Å². The highest BCUT2D eigenvalue weighted by Crippen LogP contribution is 2.26. The van der Waals surface area contributed by atoms with Crippen molar-refractivity contribution in [2.45, 2.75) is 13.5 Å². The molecule has 0 saturated carbocycles. The lowest BCUT2D eigenvalue weighted by Gasteiger charge is -2.12. The Bertz CT molecular complexity index is 1180. The highest BCUT2D eigenvalue weighted by atomic mass is 19.1. The Hall–Kier alpha value is -3.94. The largest absolute Gasteiger partial charge is 0.495 e. The normalized spacial score (nSPS) is 10.8. The fourth-order valence-electron chi connectivity index (χ4n) is 3.05. The molecule has 0 saturated heterocycles. The van der Waals surface area contributed by atoms with Crippen molar-refractivity contribution in [1.29, 1.82) is 0 Å². The minimum atomic E-state index is -0.340. The van der Waals surface area contributed by atoms with Crippen LogP contribution >= 0.6 is 0 Å². The number of anilines is 1. The van der Waals surface area contributed by atoms with Crippen LogP contribution in [0, 0.1) is 12.7 Å². The molecule has 152 valence electrons. The first-order valence-electron chi connectivity index (χ1n) is 9.23. The quantitative estimate of drug-likeness (QED) is 0.516. The number of carbonyl (C=O) groups is 1. The maximum absolute atomic E-state index is 13.1. The van der Waals surface area contributed by atoms with Crippen LogP contribution < -0.4 is 10.1 Å². The number of halogens is 1. The third-order valence-electron chi connectivity index (χ3n) is 4.52. The summed E-state index contributed by atoms with van der Waals surface area (Å²) in [6.07, 6.45) is 1.75. The zero-order valence-electron chi connectivity index (χ0n) is 16.4. The highest BCUT2D eigenvalue weighted by Gasteiger charge is 2.16. The summed E-state index contributed by atoms with van der Waals surface area (Å²) >= 11 is 0. The van der Waals surface area contributed by atoms with Crippen LogP contribution in [0.2, 0.25) is 0 Å². The molecule has 0 bridgehead atoms. The molecule has 2 aromatic heterocycles. The van der Waals surface area contributed by atoms with Crippen LogP contribution in [0.15, 0.2) is 65.3 Å². The van der Waals surface area contributed by atoms with Gasteiger partial charge in [0.15, 0.2) is 0 Å². The van der Waals surface area contributed by atoms with E-state index in [1.54, 1.807) is 48.2 Å². The van der Waals surface area contributed by atoms with E-state index in [4.69, 9.17) is 9.26 Å². The predicted octanol–water partition coefficient (Wildman–Crippen LogP) is 4.30. The molecule has 0 spiro atoms. The van der Waals surface area contributed by atoms with Crippen LogP contribution in [0.25, 0.3) is 23.0 Å². The van der Waals surface area contributed by atoms with E-state index in [-0.39, 0.29) is 24.2 Å². The molecule has 1 amide bonds. The Morgan fingerprint density at radius 1 is 1.20 bits per heavy atom. The van der Waals surface area contributed by atoms with Gasteiger partial charge in [0.1, 0.15) is 23.8 Å². The number of nitrogens with zero attached hydrogens (tertiary/aromatic N) is 3. The number of ether oxygens (including phenoxy) is 1. The van der Waals surface area contributed by atoms with Crippen LogP contribution in [0.5, 0.6) is 5.75 Å². The van der Waals surface area contributed by atoms with Crippen LogP contribution in [-0.2, 0) is 11.3 Å². The van der Waals surface area contributed by atoms with Gasteiger partial charge in [0.2, 0.25) is 11.7 Å². The smallest absolute Gasteiger partial charge is 0.274 e. The molecule has 4 rings (SSSR count). The second-order valence-electron chi connectivity index (χ2n) is 6.70. The maximum atomic E-state index is 13.1. The van der Waals surface area contributed by atoms with Gasteiger partial charge in [-0.25, -0.2) is 4.39 Å². The number of hydrogen-bond donors (Lipinski definition) is 1. The SMILES string of the molecule is COc1ccc(C)cc1NC(=O)Cn1cccc1-c1nc(-c2ccc(F)cc2)no1. The molecule has 2 aromatic carbocycles. The fraction of sp³-hybridized carbons (Fsp3) is 0.136. The Balaban J connectivity index is 1.52. The van der Waals surface area contributed by atoms with Crippen molar-refractivity contribution in [2.24, 2.45) is 0 Å². The van der Waals surface area contributed by atoms with Gasteiger partial charge in [0.25, 0.3) is 5.89 Å². The summed E-state index contributed by atoms with van der Waals surface area (Å²) in [5, 5.41) is 6.82. The summed E-state index contributed by atoms with van der Waals surface area (Å²) < 4.78 is 25.5. The summed E-state index contributed by atoms with van der Waals surface area (Å²) in [5.74, 6) is 0.622. The molecule has 0 radical (unpaired) electrons. The van der Waals surface area contributed by atoms with E-state index < -0.39 is 0 Å². The number of amides is 1. The number of nitrogens with one attached hydrogen (secondary N) is 1. The van der Waals surface area contributed by atoms with Gasteiger partial charge in [-0.15, -0.1) is 0 Å². The molecule has 8 heteroatoms. The zero-order valence-corrected chi connectivity index (χ0v) is 16.4. The number of rotatable bonds is 6. The highest BCUT2D eigenvalue weighted by molar-refractivity contribution is 5.92. The van der Waals surface area contributed by atoms with Gasteiger partial charge in [-0.3, -0.25) is 4.79 Å². The average Bonchev–Trinajstić information content (AvgIpc) is 3.38. The molecular weight excluding hydrogens is 387 g/mol. The first-order chi connectivity index (χ1) is 14.5. The van der Waals surface area contributed by atoms with Crippen molar-refractivity contribution in [1.82, 2.24) is 14.7 Å². The lowest BCUT2D eigenvalue weighted by molar-refractivity contribution is -0.116. The van der Waals surface area contributed by atoms with E-state index >= 15 is 0 Å². The summed E-state index contributed by atoms with van der Waals surface area (Å²) in [4.78, 5) is 17.0. The zero-order chi connectivity index (χ0) is 21.1. The Kier molecular flexibility index (Phi) is 5.30. The molecular formula is C22H19FN4O3. The molecule has 0 aliphatic rings. The average molecular weight is 406 g/mol. The Labute approximate surface area is 172 Å². The van der Waals surface area contributed by atoms with Crippen LogP contribution in [-0.4, -0.2) is 27.7 Å². The third-order valence-corrected chi connectivity index (χ3v) is 4.52. The van der Waals surface area contributed by atoms with E-state index in [0.717, 1.165) is 5.56 Å². The van der Waals surface area contributed by atoms with Crippen molar-refractivity contribution in [3.8, 4) is 28.7 Å². The second kappa shape index (κ2) is 8.20. The molecule has 2 heterocycles. The maximum Gasteiger partial charge on any atom is 0.274 e. The van der Waals surface area contributed by atoms with Crippen molar-refractivity contribution >= 4 is 11.6 Å². The number of benzene rings is 2. The number of aryl methyl sites for hydroxylation is 1. The standard InChI is InChI=1S/C22H19FN4O3/c1-14-5-10-19(29-2)17(12-14)24-20(28)13-27-11-3-4-18(27)22-25-21(26-30-22)15-6-8-16(23)9-7-15/h3-12H,13H2,1-2H3,(H,24,28). The van der Waals surface area contributed by atoms with Gasteiger partial charge in [0, 0.05) is 11.8 Å². The molecule has 30 heavy (non-hydrogen) atoms. The van der Waals surface area contributed by atoms with Gasteiger partial charge in [-0.05, 0) is 61.0 Å². The Morgan fingerprint density at radius 2 is 2.00 bits per heavy atom. The second-order valence-corrected chi connectivity index (χ2v) is 6.70. The van der Waals surface area contributed by atoms with Crippen molar-refractivity contribution in [3.05, 3.63) is 72.2 Å². The molecule has 7 nitrogen and oxygen atoms in total. The third kappa shape index (κ3) is 4.07. The molecule has 4 aromatic rings. The number of hydrogen-bond acceptors (Lipinski definition) is 5. The first-order valence-corrected chi connectivity index (χ1v) is 9.23. The number of carbonyl (C=O) groups excluding carboxylic acids is 1. The van der Waals surface area contributed by atoms with E-state index in [9.17, 15) is 9.18 Å². The molecule has 1 N–H and O–H groups in total. The first kappa shape index (κ1) is 19.4. The summed E-state index contributed by atoms with van der Waals surface area (Å²) in [7, 11) is 1.55. The number of methoxy groups -OCH3 is 1. The molecule has 0 aliphatic heterocycles. The lowest BCUT2D eigenvalue weighted by Crippen LogP contribution is -2.19. The summed E-state index contributed by atoms with van der Waals surface area (Å²) in [6.45, 7) is 1.99. The van der Waals surface area contributed by atoms with Gasteiger partial charge in [0.05, 0.1) is 12.8 Å². The minimum absolute atomic E-state index is 0.0493. The van der Waals surface area contributed by atoms with Crippen LogP contribution in [0.1, 0.15) is 5.56 Å². The summed E-state index contributed by atoms with van der Waals surface area (Å²) in [6, 6.07) is 14.9. The number of aromatic nitrogens is 3.